The molecule has 2 atom stereocenters. The summed E-state index contributed by atoms with van der Waals surface area (Å²) in [6, 6.07) is 14.3. The number of carbonyl (C=O) groups is 2. The molecule has 2 aromatic carbocycles. The van der Waals surface area contributed by atoms with Crippen molar-refractivity contribution in [2.24, 2.45) is 11.8 Å². The highest BCUT2D eigenvalue weighted by Crippen LogP contribution is 2.38. The second-order valence-corrected chi connectivity index (χ2v) is 10.0. The first-order valence-corrected chi connectivity index (χ1v) is 12.1. The Balaban J connectivity index is 1.91. The van der Waals surface area contributed by atoms with Crippen LogP contribution in [-0.4, -0.2) is 35.9 Å². The molecule has 0 unspecified atom stereocenters. The third kappa shape index (κ3) is 6.37. The van der Waals surface area contributed by atoms with Gasteiger partial charge in [-0.1, -0.05) is 63.6 Å². The maximum Gasteiger partial charge on any atom is 0.260 e. The van der Waals surface area contributed by atoms with Crippen LogP contribution < -0.4 is 10.1 Å². The SMILES string of the molecule is Cc1ccc([C@H]2c3cc(O[C@@H](C)C(=O)NCC(C)C)ccc3CCN2C(=O)CC(C)C)cc1. The summed E-state index contributed by atoms with van der Waals surface area (Å²) in [5.74, 6) is 1.39. The normalized spacial score (nSPS) is 16.5. The van der Waals surface area contributed by atoms with Crippen molar-refractivity contribution in [3.8, 4) is 5.75 Å². The summed E-state index contributed by atoms with van der Waals surface area (Å²) in [7, 11) is 0. The van der Waals surface area contributed by atoms with Gasteiger partial charge in [0.15, 0.2) is 6.10 Å². The van der Waals surface area contributed by atoms with E-state index in [-0.39, 0.29) is 17.9 Å². The van der Waals surface area contributed by atoms with Gasteiger partial charge in [0.25, 0.3) is 5.91 Å². The van der Waals surface area contributed by atoms with Crippen LogP contribution >= 0.6 is 0 Å². The summed E-state index contributed by atoms with van der Waals surface area (Å²) in [5.41, 5.74) is 4.58. The minimum absolute atomic E-state index is 0.120. The van der Waals surface area contributed by atoms with Crippen LogP contribution in [0.3, 0.4) is 0 Å². The van der Waals surface area contributed by atoms with Gasteiger partial charge >= 0.3 is 0 Å². The van der Waals surface area contributed by atoms with Gasteiger partial charge in [0.1, 0.15) is 5.75 Å². The Hall–Kier alpha value is -2.82. The van der Waals surface area contributed by atoms with Gasteiger partial charge in [0.2, 0.25) is 5.91 Å². The van der Waals surface area contributed by atoms with E-state index < -0.39 is 6.10 Å². The lowest BCUT2D eigenvalue weighted by Gasteiger charge is -2.38. The monoisotopic (exact) mass is 450 g/mol. The Kier molecular flexibility index (Phi) is 8.17. The van der Waals surface area contributed by atoms with Crippen molar-refractivity contribution >= 4 is 11.8 Å². The summed E-state index contributed by atoms with van der Waals surface area (Å²) in [4.78, 5) is 27.6. The number of nitrogens with one attached hydrogen (secondary N) is 1. The molecule has 3 rings (SSSR count). The molecule has 0 radical (unpaired) electrons. The largest absolute Gasteiger partial charge is 0.481 e. The number of nitrogens with zero attached hydrogens (tertiary/aromatic N) is 1. The molecule has 1 N–H and O–H groups in total. The molecule has 0 bridgehead atoms. The zero-order valence-electron chi connectivity index (χ0n) is 20.9. The second-order valence-electron chi connectivity index (χ2n) is 10.0. The topological polar surface area (TPSA) is 58.6 Å². The van der Waals surface area contributed by atoms with Gasteiger partial charge in [-0.2, -0.15) is 0 Å². The van der Waals surface area contributed by atoms with Crippen LogP contribution in [0.1, 0.15) is 69.3 Å². The van der Waals surface area contributed by atoms with Gasteiger partial charge in [-0.05, 0) is 60.9 Å². The number of hydrogen-bond donors (Lipinski definition) is 1. The molecule has 0 aromatic heterocycles. The predicted molar refractivity (Wildman–Crippen MR) is 132 cm³/mol. The molecule has 0 spiro atoms. The minimum Gasteiger partial charge on any atom is -0.481 e. The van der Waals surface area contributed by atoms with E-state index in [2.05, 4.69) is 70.3 Å². The quantitative estimate of drug-likeness (QED) is 0.612. The van der Waals surface area contributed by atoms with Crippen molar-refractivity contribution in [2.45, 2.75) is 66.5 Å². The maximum atomic E-state index is 13.2. The number of ether oxygens (including phenoxy) is 1. The fraction of sp³-hybridized carbons (Fsp3) is 0.500. The molecule has 5 heteroatoms. The van der Waals surface area contributed by atoms with Gasteiger partial charge in [-0.15, -0.1) is 0 Å². The Labute approximate surface area is 198 Å². The van der Waals surface area contributed by atoms with Gasteiger partial charge in [-0.3, -0.25) is 9.59 Å². The molecule has 1 heterocycles. The van der Waals surface area contributed by atoms with Crippen LogP contribution in [0.15, 0.2) is 42.5 Å². The molecular weight excluding hydrogens is 412 g/mol. The lowest BCUT2D eigenvalue weighted by Crippen LogP contribution is -2.41. The number of fused-ring (bicyclic) bond motifs is 1. The number of amides is 2. The molecule has 178 valence electrons. The van der Waals surface area contributed by atoms with Crippen LogP contribution in [0, 0.1) is 18.8 Å². The predicted octanol–water partition coefficient (Wildman–Crippen LogP) is 5.05. The van der Waals surface area contributed by atoms with E-state index in [1.165, 1.54) is 11.1 Å². The first-order valence-electron chi connectivity index (χ1n) is 12.1. The third-order valence-corrected chi connectivity index (χ3v) is 6.01. The van der Waals surface area contributed by atoms with Gasteiger partial charge in [0, 0.05) is 19.5 Å². The van der Waals surface area contributed by atoms with Gasteiger partial charge < -0.3 is 15.0 Å². The smallest absolute Gasteiger partial charge is 0.260 e. The Bertz CT molecular complexity index is 966. The third-order valence-electron chi connectivity index (χ3n) is 6.01. The van der Waals surface area contributed by atoms with Crippen molar-refractivity contribution < 1.29 is 14.3 Å². The van der Waals surface area contributed by atoms with Crippen molar-refractivity contribution in [2.75, 3.05) is 13.1 Å². The lowest BCUT2D eigenvalue weighted by molar-refractivity contribution is -0.134. The number of rotatable bonds is 8. The van der Waals surface area contributed by atoms with E-state index in [1.54, 1.807) is 6.92 Å². The molecule has 1 aliphatic heterocycles. The first kappa shape index (κ1) is 24.8. The van der Waals surface area contributed by atoms with Crippen LogP contribution in [0.4, 0.5) is 0 Å². The van der Waals surface area contributed by atoms with E-state index in [0.29, 0.717) is 37.1 Å². The lowest BCUT2D eigenvalue weighted by atomic mass is 9.87. The number of hydrogen-bond acceptors (Lipinski definition) is 3. The molecule has 5 nitrogen and oxygen atoms in total. The fourth-order valence-corrected chi connectivity index (χ4v) is 4.22. The molecular formula is C28H38N2O3. The first-order chi connectivity index (χ1) is 15.7. The molecule has 33 heavy (non-hydrogen) atoms. The molecule has 0 aliphatic carbocycles. The Morgan fingerprint density at radius 2 is 1.73 bits per heavy atom. The number of benzene rings is 2. The summed E-state index contributed by atoms with van der Waals surface area (Å²) >= 11 is 0. The van der Waals surface area contributed by atoms with Crippen molar-refractivity contribution in [3.63, 3.8) is 0 Å². The minimum atomic E-state index is -0.595. The maximum absolute atomic E-state index is 13.2. The summed E-state index contributed by atoms with van der Waals surface area (Å²) < 4.78 is 6.02. The standard InChI is InChI=1S/C28H38N2O3/c1-18(2)15-26(31)30-14-13-22-11-12-24(33-21(6)28(32)29-17-19(3)4)16-25(22)27(30)23-9-7-20(5)8-10-23/h7-12,16,18-19,21,27H,13-15,17H2,1-6H3,(H,29,32)/t21-,27-/m0/s1. The zero-order valence-corrected chi connectivity index (χ0v) is 20.9. The number of carbonyl (C=O) groups excluding carboxylic acids is 2. The molecule has 0 fully saturated rings. The average molecular weight is 451 g/mol. The summed E-state index contributed by atoms with van der Waals surface area (Å²) in [6.07, 6.45) is 0.745. The Morgan fingerprint density at radius 1 is 1.03 bits per heavy atom. The van der Waals surface area contributed by atoms with E-state index in [4.69, 9.17) is 4.74 Å². The van der Waals surface area contributed by atoms with E-state index in [0.717, 1.165) is 17.5 Å². The highest BCUT2D eigenvalue weighted by atomic mass is 16.5. The Morgan fingerprint density at radius 3 is 2.36 bits per heavy atom. The highest BCUT2D eigenvalue weighted by Gasteiger charge is 2.32. The molecule has 0 saturated heterocycles. The summed E-state index contributed by atoms with van der Waals surface area (Å²) in [6.45, 7) is 13.4. The van der Waals surface area contributed by atoms with Gasteiger partial charge in [0.05, 0.1) is 6.04 Å². The molecule has 2 aromatic rings. The van der Waals surface area contributed by atoms with Gasteiger partial charge in [-0.25, -0.2) is 0 Å². The second kappa shape index (κ2) is 10.9. The van der Waals surface area contributed by atoms with Crippen LogP contribution in [0.25, 0.3) is 0 Å². The van der Waals surface area contributed by atoms with Crippen LogP contribution in [0.2, 0.25) is 0 Å². The highest BCUT2D eigenvalue weighted by molar-refractivity contribution is 5.80. The zero-order chi connectivity index (χ0) is 24.1. The van der Waals surface area contributed by atoms with Crippen LogP contribution in [0.5, 0.6) is 5.75 Å². The summed E-state index contributed by atoms with van der Waals surface area (Å²) in [5, 5.41) is 2.93. The molecule has 1 aliphatic rings. The van der Waals surface area contributed by atoms with Crippen LogP contribution in [-0.2, 0) is 16.0 Å². The fourth-order valence-electron chi connectivity index (χ4n) is 4.22. The van der Waals surface area contributed by atoms with Crippen molar-refractivity contribution in [3.05, 3.63) is 64.7 Å². The van der Waals surface area contributed by atoms with E-state index in [9.17, 15) is 9.59 Å². The molecule has 2 amide bonds. The van der Waals surface area contributed by atoms with E-state index in [1.807, 2.05) is 17.0 Å². The number of aryl methyl sites for hydroxylation is 1. The van der Waals surface area contributed by atoms with Crippen molar-refractivity contribution in [1.82, 2.24) is 10.2 Å². The molecule has 0 saturated carbocycles. The average Bonchev–Trinajstić information content (AvgIpc) is 2.76. The van der Waals surface area contributed by atoms with Crippen molar-refractivity contribution in [1.29, 1.82) is 0 Å². The van der Waals surface area contributed by atoms with E-state index >= 15 is 0 Å².